The fourth-order valence-corrected chi connectivity index (χ4v) is 4.40. The number of fused-ring (bicyclic) bond motifs is 1. The lowest BCUT2D eigenvalue weighted by Crippen LogP contribution is -2.40. The number of thiazole rings is 2. The molecule has 0 unspecified atom stereocenters. The number of amides is 1. The molecule has 1 fully saturated rings. The van der Waals surface area contributed by atoms with E-state index in [1.807, 2.05) is 23.7 Å². The number of aromatic nitrogens is 2. The van der Waals surface area contributed by atoms with E-state index >= 15 is 0 Å². The number of aliphatic hydroxyl groups is 1. The average molecular weight is 390 g/mol. The van der Waals surface area contributed by atoms with E-state index in [4.69, 9.17) is 4.74 Å². The molecule has 2 aromatic heterocycles. The molecule has 1 aliphatic rings. The minimum Gasteiger partial charge on any atom is -0.488 e. The van der Waals surface area contributed by atoms with Gasteiger partial charge in [0.1, 0.15) is 23.0 Å². The number of ether oxygens (including phenoxy) is 1. The lowest BCUT2D eigenvalue weighted by atomic mass is 9.81. The van der Waals surface area contributed by atoms with Crippen molar-refractivity contribution in [2.24, 2.45) is 5.92 Å². The van der Waals surface area contributed by atoms with Gasteiger partial charge in [0.25, 0.3) is 0 Å². The largest absolute Gasteiger partial charge is 0.488 e. The standard InChI is InChI=1S/C18H19N3O3S2/c1-18(2,23)14-8-25-17(20-14)21-16(22)10-6-11(7-10)24-12-4-3-5-13-15(12)19-9-26-13/h3-5,8-11,23H,6-7H2,1-2H3,(H,20,21,22). The summed E-state index contributed by atoms with van der Waals surface area (Å²) >= 11 is 2.91. The molecule has 1 saturated carbocycles. The second-order valence-corrected chi connectivity index (χ2v) is 8.69. The molecule has 0 bridgehead atoms. The normalized spacial score (nSPS) is 20.0. The molecule has 2 N–H and O–H groups in total. The Morgan fingerprint density at radius 1 is 1.35 bits per heavy atom. The van der Waals surface area contributed by atoms with E-state index in [1.165, 1.54) is 11.3 Å². The smallest absolute Gasteiger partial charge is 0.229 e. The van der Waals surface area contributed by atoms with Crippen molar-refractivity contribution in [2.75, 3.05) is 5.32 Å². The molecular formula is C18H19N3O3S2. The number of anilines is 1. The van der Waals surface area contributed by atoms with Crippen LogP contribution in [0.3, 0.4) is 0 Å². The van der Waals surface area contributed by atoms with Crippen LogP contribution in [0.15, 0.2) is 29.1 Å². The van der Waals surface area contributed by atoms with E-state index < -0.39 is 5.60 Å². The highest BCUT2D eigenvalue weighted by molar-refractivity contribution is 7.16. The van der Waals surface area contributed by atoms with Gasteiger partial charge in [-0.15, -0.1) is 22.7 Å². The van der Waals surface area contributed by atoms with E-state index in [9.17, 15) is 9.90 Å². The summed E-state index contributed by atoms with van der Waals surface area (Å²) in [5.41, 5.74) is 2.24. The fraction of sp³-hybridized carbons (Fsp3) is 0.389. The topological polar surface area (TPSA) is 84.3 Å². The zero-order valence-electron chi connectivity index (χ0n) is 14.4. The van der Waals surface area contributed by atoms with Crippen molar-refractivity contribution >= 4 is 43.9 Å². The Labute approximate surface area is 158 Å². The Morgan fingerprint density at radius 3 is 2.88 bits per heavy atom. The molecule has 4 rings (SSSR count). The Bertz CT molecular complexity index is 938. The molecule has 3 aromatic rings. The van der Waals surface area contributed by atoms with Crippen LogP contribution in [0.4, 0.5) is 5.13 Å². The Morgan fingerprint density at radius 2 is 2.15 bits per heavy atom. The molecule has 1 amide bonds. The van der Waals surface area contributed by atoms with Gasteiger partial charge in [0.05, 0.1) is 15.9 Å². The highest BCUT2D eigenvalue weighted by Gasteiger charge is 2.37. The predicted molar refractivity (Wildman–Crippen MR) is 103 cm³/mol. The minimum atomic E-state index is -1.01. The van der Waals surface area contributed by atoms with Crippen LogP contribution in [0.2, 0.25) is 0 Å². The summed E-state index contributed by atoms with van der Waals surface area (Å²) in [5, 5.41) is 15.1. The molecule has 26 heavy (non-hydrogen) atoms. The van der Waals surface area contributed by atoms with E-state index in [0.717, 1.165) is 16.0 Å². The first kappa shape index (κ1) is 17.4. The molecule has 8 heteroatoms. The van der Waals surface area contributed by atoms with Gasteiger partial charge in [-0.2, -0.15) is 0 Å². The summed E-state index contributed by atoms with van der Waals surface area (Å²) in [6.45, 7) is 3.34. The maximum atomic E-state index is 12.3. The number of carbonyl (C=O) groups excluding carboxylic acids is 1. The number of hydrogen-bond acceptors (Lipinski definition) is 7. The first-order chi connectivity index (χ1) is 12.4. The number of nitrogens with one attached hydrogen (secondary N) is 1. The van der Waals surface area contributed by atoms with Crippen LogP contribution in [0.5, 0.6) is 5.75 Å². The summed E-state index contributed by atoms with van der Waals surface area (Å²) in [5.74, 6) is 0.653. The summed E-state index contributed by atoms with van der Waals surface area (Å²) in [6, 6.07) is 5.90. The van der Waals surface area contributed by atoms with Gasteiger partial charge in [0.15, 0.2) is 5.13 Å². The minimum absolute atomic E-state index is 0.0290. The Hall–Kier alpha value is -2.03. The number of benzene rings is 1. The van der Waals surface area contributed by atoms with Gasteiger partial charge >= 0.3 is 0 Å². The molecular weight excluding hydrogens is 370 g/mol. The lowest BCUT2D eigenvalue weighted by molar-refractivity contribution is -0.125. The summed E-state index contributed by atoms with van der Waals surface area (Å²) in [6.07, 6.45) is 1.38. The van der Waals surface area contributed by atoms with Crippen molar-refractivity contribution < 1.29 is 14.6 Å². The fourth-order valence-electron chi connectivity index (χ4n) is 2.83. The summed E-state index contributed by atoms with van der Waals surface area (Å²) in [4.78, 5) is 21.0. The van der Waals surface area contributed by atoms with Gasteiger partial charge in [-0.1, -0.05) is 6.07 Å². The molecule has 0 radical (unpaired) electrons. The van der Waals surface area contributed by atoms with Crippen molar-refractivity contribution in [2.45, 2.75) is 38.4 Å². The van der Waals surface area contributed by atoms with E-state index in [-0.39, 0.29) is 17.9 Å². The third-order valence-electron chi connectivity index (χ3n) is 4.44. The van der Waals surface area contributed by atoms with Crippen molar-refractivity contribution in [3.8, 4) is 5.75 Å². The summed E-state index contributed by atoms with van der Waals surface area (Å²) < 4.78 is 7.12. The average Bonchev–Trinajstić information content (AvgIpc) is 3.18. The van der Waals surface area contributed by atoms with Crippen LogP contribution >= 0.6 is 22.7 Å². The number of nitrogens with zero attached hydrogens (tertiary/aromatic N) is 2. The second kappa shape index (κ2) is 6.61. The zero-order chi connectivity index (χ0) is 18.3. The quantitative estimate of drug-likeness (QED) is 0.694. The molecule has 6 nitrogen and oxygen atoms in total. The molecule has 0 atom stereocenters. The third-order valence-corrected chi connectivity index (χ3v) is 6.00. The van der Waals surface area contributed by atoms with Crippen molar-refractivity contribution in [3.05, 3.63) is 34.8 Å². The number of rotatable bonds is 5. The number of para-hydroxylation sites is 1. The van der Waals surface area contributed by atoms with Crippen molar-refractivity contribution in [1.29, 1.82) is 0 Å². The molecule has 1 aliphatic carbocycles. The van der Waals surface area contributed by atoms with Crippen LogP contribution in [0.25, 0.3) is 10.2 Å². The highest BCUT2D eigenvalue weighted by Crippen LogP contribution is 2.35. The van der Waals surface area contributed by atoms with Crippen LogP contribution in [0.1, 0.15) is 32.4 Å². The lowest BCUT2D eigenvalue weighted by Gasteiger charge is -2.34. The first-order valence-electron chi connectivity index (χ1n) is 8.38. The van der Waals surface area contributed by atoms with Gasteiger partial charge in [0.2, 0.25) is 5.91 Å². The van der Waals surface area contributed by atoms with Crippen LogP contribution in [-0.2, 0) is 10.4 Å². The SMILES string of the molecule is CC(C)(O)c1csc(NC(=O)C2CC(Oc3cccc4scnc34)C2)n1. The van der Waals surface area contributed by atoms with E-state index in [1.54, 1.807) is 30.6 Å². The molecule has 1 aromatic carbocycles. The number of hydrogen-bond donors (Lipinski definition) is 2. The van der Waals surface area contributed by atoms with E-state index in [0.29, 0.717) is 23.7 Å². The van der Waals surface area contributed by atoms with E-state index in [2.05, 4.69) is 15.3 Å². The van der Waals surface area contributed by atoms with Gasteiger partial charge in [-0.05, 0) is 38.8 Å². The molecule has 0 spiro atoms. The molecule has 2 heterocycles. The first-order valence-corrected chi connectivity index (χ1v) is 10.1. The molecule has 0 aliphatic heterocycles. The van der Waals surface area contributed by atoms with Gasteiger partial charge in [-0.25, -0.2) is 9.97 Å². The maximum absolute atomic E-state index is 12.3. The third kappa shape index (κ3) is 3.44. The van der Waals surface area contributed by atoms with Crippen molar-refractivity contribution in [1.82, 2.24) is 9.97 Å². The van der Waals surface area contributed by atoms with Crippen LogP contribution in [0, 0.1) is 5.92 Å². The van der Waals surface area contributed by atoms with Gasteiger partial charge < -0.3 is 15.2 Å². The molecule has 0 saturated heterocycles. The molecule has 136 valence electrons. The van der Waals surface area contributed by atoms with Crippen LogP contribution < -0.4 is 10.1 Å². The van der Waals surface area contributed by atoms with Crippen molar-refractivity contribution in [3.63, 3.8) is 0 Å². The predicted octanol–water partition coefficient (Wildman–Crippen LogP) is 3.78. The highest BCUT2D eigenvalue weighted by atomic mass is 32.1. The van der Waals surface area contributed by atoms with Gasteiger partial charge in [-0.3, -0.25) is 4.79 Å². The maximum Gasteiger partial charge on any atom is 0.229 e. The zero-order valence-corrected chi connectivity index (χ0v) is 16.1. The Kier molecular flexibility index (Phi) is 4.42. The number of carbonyl (C=O) groups is 1. The van der Waals surface area contributed by atoms with Crippen LogP contribution in [-0.4, -0.2) is 27.1 Å². The summed E-state index contributed by atoms with van der Waals surface area (Å²) in [7, 11) is 0. The van der Waals surface area contributed by atoms with Gasteiger partial charge in [0, 0.05) is 11.3 Å². The second-order valence-electron chi connectivity index (χ2n) is 6.95. The monoisotopic (exact) mass is 389 g/mol. The Balaban J connectivity index is 1.32.